The predicted molar refractivity (Wildman–Crippen MR) is 56.5 cm³/mol. The van der Waals surface area contributed by atoms with Gasteiger partial charge in [-0.25, -0.2) is 0 Å². The predicted octanol–water partition coefficient (Wildman–Crippen LogP) is 3.67. The summed E-state index contributed by atoms with van der Waals surface area (Å²) >= 11 is 0. The van der Waals surface area contributed by atoms with Gasteiger partial charge in [0, 0.05) is 0 Å². The molecule has 1 nitrogen and oxygen atoms in total. The van der Waals surface area contributed by atoms with Gasteiger partial charge in [0.05, 0.1) is 6.61 Å². The van der Waals surface area contributed by atoms with E-state index < -0.39 is 0 Å². The van der Waals surface area contributed by atoms with Crippen LogP contribution in [0.3, 0.4) is 0 Å². The van der Waals surface area contributed by atoms with E-state index in [-0.39, 0.29) is 0 Å². The highest BCUT2D eigenvalue weighted by atomic mass is 16.5. The molecular weight excluding hydrogens is 160 g/mol. The van der Waals surface area contributed by atoms with Gasteiger partial charge < -0.3 is 4.74 Å². The van der Waals surface area contributed by atoms with Crippen LogP contribution >= 0.6 is 0 Å². The standard InChI is InChI=1S/C12H20O/c1-5-13-12-8-10(4)6-7-11(12)9(2)3/h8-9H,5-7H2,1-4H3. The summed E-state index contributed by atoms with van der Waals surface area (Å²) in [6, 6.07) is 0. The first-order valence-electron chi connectivity index (χ1n) is 5.18. The SMILES string of the molecule is CCOC1=C(C(C)C)CCC(C)=C1. The molecule has 1 heteroatoms. The Morgan fingerprint density at radius 1 is 1.38 bits per heavy atom. The molecule has 0 aromatic rings. The van der Waals surface area contributed by atoms with Crippen molar-refractivity contribution in [2.75, 3.05) is 6.61 Å². The second-order valence-electron chi connectivity index (χ2n) is 3.97. The van der Waals surface area contributed by atoms with Crippen molar-refractivity contribution in [2.45, 2.75) is 40.5 Å². The van der Waals surface area contributed by atoms with Crippen molar-refractivity contribution in [1.82, 2.24) is 0 Å². The highest BCUT2D eigenvalue weighted by Gasteiger charge is 2.14. The van der Waals surface area contributed by atoms with Crippen LogP contribution in [0.4, 0.5) is 0 Å². The fourth-order valence-electron chi connectivity index (χ4n) is 1.71. The molecule has 0 aromatic heterocycles. The van der Waals surface area contributed by atoms with Crippen molar-refractivity contribution >= 4 is 0 Å². The lowest BCUT2D eigenvalue weighted by atomic mass is 9.90. The number of hydrogen-bond donors (Lipinski definition) is 0. The van der Waals surface area contributed by atoms with E-state index in [0.29, 0.717) is 5.92 Å². The van der Waals surface area contributed by atoms with Crippen LogP contribution in [0.5, 0.6) is 0 Å². The van der Waals surface area contributed by atoms with Gasteiger partial charge >= 0.3 is 0 Å². The third kappa shape index (κ3) is 2.61. The van der Waals surface area contributed by atoms with Crippen molar-refractivity contribution in [3.05, 3.63) is 23.0 Å². The fourth-order valence-corrected chi connectivity index (χ4v) is 1.71. The minimum absolute atomic E-state index is 0.617. The van der Waals surface area contributed by atoms with Crippen LogP contribution in [0.15, 0.2) is 23.0 Å². The van der Waals surface area contributed by atoms with Gasteiger partial charge in [-0.3, -0.25) is 0 Å². The summed E-state index contributed by atoms with van der Waals surface area (Å²) in [5.74, 6) is 1.74. The van der Waals surface area contributed by atoms with Crippen LogP contribution in [0.2, 0.25) is 0 Å². The number of allylic oxidation sites excluding steroid dienone is 3. The van der Waals surface area contributed by atoms with E-state index in [1.807, 2.05) is 6.92 Å². The summed E-state index contributed by atoms with van der Waals surface area (Å²) < 4.78 is 5.63. The Bertz CT molecular complexity index is 234. The summed E-state index contributed by atoms with van der Waals surface area (Å²) in [6.07, 6.45) is 4.57. The first-order valence-corrected chi connectivity index (χ1v) is 5.18. The summed E-state index contributed by atoms with van der Waals surface area (Å²) in [4.78, 5) is 0. The molecule has 0 bridgehead atoms. The zero-order chi connectivity index (χ0) is 9.84. The van der Waals surface area contributed by atoms with E-state index in [1.165, 1.54) is 24.0 Å². The Balaban J connectivity index is 2.87. The molecule has 0 unspecified atom stereocenters. The van der Waals surface area contributed by atoms with Crippen molar-refractivity contribution in [1.29, 1.82) is 0 Å². The molecule has 74 valence electrons. The normalized spacial score (nSPS) is 17.8. The van der Waals surface area contributed by atoms with Crippen molar-refractivity contribution in [2.24, 2.45) is 5.92 Å². The Labute approximate surface area is 81.5 Å². The smallest absolute Gasteiger partial charge is 0.118 e. The van der Waals surface area contributed by atoms with E-state index in [9.17, 15) is 0 Å². The molecule has 0 amide bonds. The molecule has 13 heavy (non-hydrogen) atoms. The van der Waals surface area contributed by atoms with Gasteiger partial charge in [0.1, 0.15) is 5.76 Å². The first kappa shape index (κ1) is 10.4. The van der Waals surface area contributed by atoms with Gasteiger partial charge in [-0.05, 0) is 44.3 Å². The fraction of sp³-hybridized carbons (Fsp3) is 0.667. The average Bonchev–Trinajstić information content (AvgIpc) is 2.04. The minimum Gasteiger partial charge on any atom is -0.494 e. The summed E-state index contributed by atoms with van der Waals surface area (Å²) in [7, 11) is 0. The van der Waals surface area contributed by atoms with Crippen molar-refractivity contribution < 1.29 is 4.74 Å². The maximum Gasteiger partial charge on any atom is 0.118 e. The quantitative estimate of drug-likeness (QED) is 0.644. The van der Waals surface area contributed by atoms with Crippen molar-refractivity contribution in [3.63, 3.8) is 0 Å². The van der Waals surface area contributed by atoms with Gasteiger partial charge in [-0.1, -0.05) is 19.4 Å². The molecule has 1 aliphatic rings. The second-order valence-corrected chi connectivity index (χ2v) is 3.97. The maximum absolute atomic E-state index is 5.63. The molecule has 0 heterocycles. The zero-order valence-corrected chi connectivity index (χ0v) is 9.18. The van der Waals surface area contributed by atoms with E-state index in [0.717, 1.165) is 12.4 Å². The van der Waals surface area contributed by atoms with Crippen LogP contribution in [0.1, 0.15) is 40.5 Å². The summed E-state index contributed by atoms with van der Waals surface area (Å²) in [5.41, 5.74) is 2.92. The van der Waals surface area contributed by atoms with Crippen LogP contribution in [0.25, 0.3) is 0 Å². The lowest BCUT2D eigenvalue weighted by Gasteiger charge is -2.21. The lowest BCUT2D eigenvalue weighted by Crippen LogP contribution is -2.06. The highest BCUT2D eigenvalue weighted by Crippen LogP contribution is 2.29. The van der Waals surface area contributed by atoms with E-state index >= 15 is 0 Å². The molecule has 0 saturated heterocycles. The molecule has 0 aromatic carbocycles. The lowest BCUT2D eigenvalue weighted by molar-refractivity contribution is 0.232. The number of ether oxygens (including phenoxy) is 1. The van der Waals surface area contributed by atoms with Crippen LogP contribution < -0.4 is 0 Å². The number of rotatable bonds is 3. The topological polar surface area (TPSA) is 9.23 Å². The molecule has 0 N–H and O–H groups in total. The molecule has 1 aliphatic carbocycles. The monoisotopic (exact) mass is 180 g/mol. The Morgan fingerprint density at radius 2 is 2.08 bits per heavy atom. The molecule has 0 spiro atoms. The van der Waals surface area contributed by atoms with Gasteiger partial charge in [-0.15, -0.1) is 0 Å². The average molecular weight is 180 g/mol. The molecule has 0 aliphatic heterocycles. The molecule has 0 fully saturated rings. The largest absolute Gasteiger partial charge is 0.494 e. The molecular formula is C12H20O. The summed E-state index contributed by atoms with van der Waals surface area (Å²) in [5, 5.41) is 0. The van der Waals surface area contributed by atoms with Crippen molar-refractivity contribution in [3.8, 4) is 0 Å². The van der Waals surface area contributed by atoms with Gasteiger partial charge in [0.15, 0.2) is 0 Å². The van der Waals surface area contributed by atoms with Gasteiger partial charge in [0.2, 0.25) is 0 Å². The Kier molecular flexibility index (Phi) is 3.58. The third-order valence-corrected chi connectivity index (χ3v) is 2.48. The third-order valence-electron chi connectivity index (χ3n) is 2.48. The van der Waals surface area contributed by atoms with Crippen LogP contribution in [0, 0.1) is 5.92 Å². The molecule has 0 radical (unpaired) electrons. The van der Waals surface area contributed by atoms with E-state index in [2.05, 4.69) is 26.8 Å². The van der Waals surface area contributed by atoms with Crippen LogP contribution in [-0.4, -0.2) is 6.61 Å². The first-order chi connectivity index (χ1) is 6.15. The molecule has 0 atom stereocenters. The Morgan fingerprint density at radius 3 is 2.62 bits per heavy atom. The summed E-state index contributed by atoms with van der Waals surface area (Å²) in [6.45, 7) is 9.47. The number of hydrogen-bond acceptors (Lipinski definition) is 1. The Hall–Kier alpha value is -0.720. The molecule has 0 saturated carbocycles. The van der Waals surface area contributed by atoms with E-state index in [4.69, 9.17) is 4.74 Å². The highest BCUT2D eigenvalue weighted by molar-refractivity contribution is 5.29. The second kappa shape index (κ2) is 4.50. The maximum atomic E-state index is 5.63. The minimum atomic E-state index is 0.617. The van der Waals surface area contributed by atoms with Crippen LogP contribution in [-0.2, 0) is 4.74 Å². The molecule has 1 rings (SSSR count). The van der Waals surface area contributed by atoms with Gasteiger partial charge in [-0.2, -0.15) is 0 Å². The zero-order valence-electron chi connectivity index (χ0n) is 9.18. The van der Waals surface area contributed by atoms with Gasteiger partial charge in [0.25, 0.3) is 0 Å². The van der Waals surface area contributed by atoms with E-state index in [1.54, 1.807) is 0 Å².